The maximum atomic E-state index is 13.0. The van der Waals surface area contributed by atoms with Crippen LogP contribution in [0.2, 0.25) is 5.02 Å². The molecular weight excluding hydrogens is 448 g/mol. The largest absolute Gasteiger partial charge is 0.325 e. The summed E-state index contributed by atoms with van der Waals surface area (Å²) in [6.45, 7) is 3.80. The van der Waals surface area contributed by atoms with Crippen molar-refractivity contribution in [3.05, 3.63) is 80.1 Å². The number of H-pyrrole nitrogens is 1. The number of anilines is 2. The molecule has 0 saturated carbocycles. The molecule has 1 atom stereocenters. The van der Waals surface area contributed by atoms with Crippen molar-refractivity contribution < 1.29 is 9.59 Å². The molecule has 1 aliphatic rings. The predicted molar refractivity (Wildman–Crippen MR) is 126 cm³/mol. The van der Waals surface area contributed by atoms with Crippen molar-refractivity contribution in [2.75, 3.05) is 10.6 Å². The van der Waals surface area contributed by atoms with Gasteiger partial charge in [-0.3, -0.25) is 14.4 Å². The molecule has 0 fully saturated rings. The van der Waals surface area contributed by atoms with Gasteiger partial charge in [-0.05, 0) is 42.7 Å². The Labute approximate surface area is 194 Å². The lowest BCUT2D eigenvalue weighted by atomic mass is 9.92. The van der Waals surface area contributed by atoms with Gasteiger partial charge in [0.25, 0.3) is 5.56 Å². The fraction of sp³-hybridized carbons (Fsp3) is 0.217. The molecule has 0 saturated heterocycles. The van der Waals surface area contributed by atoms with Crippen molar-refractivity contribution >= 4 is 46.7 Å². The summed E-state index contributed by atoms with van der Waals surface area (Å²) in [5.74, 6) is -1.04. The number of fused-ring (bicyclic) bond motifs is 1. The zero-order valence-corrected chi connectivity index (χ0v) is 19.1. The summed E-state index contributed by atoms with van der Waals surface area (Å²) in [4.78, 5) is 45.4. The van der Waals surface area contributed by atoms with E-state index >= 15 is 0 Å². The fourth-order valence-corrected chi connectivity index (χ4v) is 4.64. The Bertz CT molecular complexity index is 1270. The molecule has 2 heterocycles. The molecule has 0 radical (unpaired) electrons. The maximum Gasteiger partial charge on any atom is 0.257 e. The van der Waals surface area contributed by atoms with Crippen LogP contribution in [0.15, 0.2) is 52.4 Å². The average molecular weight is 469 g/mol. The van der Waals surface area contributed by atoms with Crippen LogP contribution in [-0.4, -0.2) is 21.8 Å². The summed E-state index contributed by atoms with van der Waals surface area (Å²) < 4.78 is 0. The van der Waals surface area contributed by atoms with Gasteiger partial charge in [-0.25, -0.2) is 4.98 Å². The second-order valence-electron chi connectivity index (χ2n) is 7.56. The first kappa shape index (κ1) is 22.1. The number of carbonyl (C=O) groups excluding carboxylic acids is 2. The molecule has 164 valence electrons. The van der Waals surface area contributed by atoms with Gasteiger partial charge in [0.1, 0.15) is 5.82 Å². The number of amides is 2. The number of aromatic nitrogens is 2. The highest BCUT2D eigenvalue weighted by Gasteiger charge is 2.35. The molecule has 4 rings (SSSR count). The van der Waals surface area contributed by atoms with E-state index in [2.05, 4.69) is 20.6 Å². The molecule has 3 N–H and O–H groups in total. The molecule has 2 aromatic carbocycles. The van der Waals surface area contributed by atoms with Crippen LogP contribution in [0, 0.1) is 13.8 Å². The van der Waals surface area contributed by atoms with Gasteiger partial charge >= 0.3 is 0 Å². The van der Waals surface area contributed by atoms with Gasteiger partial charge in [0.05, 0.1) is 11.5 Å². The van der Waals surface area contributed by atoms with E-state index in [1.165, 1.54) is 11.8 Å². The van der Waals surface area contributed by atoms with Gasteiger partial charge in [0.15, 0.2) is 5.16 Å². The molecule has 32 heavy (non-hydrogen) atoms. The van der Waals surface area contributed by atoms with Gasteiger partial charge in [-0.15, -0.1) is 0 Å². The molecule has 2 amide bonds. The number of aryl methyl sites for hydroxylation is 1. The average Bonchev–Trinajstić information content (AvgIpc) is 2.75. The second-order valence-corrected chi connectivity index (χ2v) is 8.93. The van der Waals surface area contributed by atoms with Crippen LogP contribution in [0.4, 0.5) is 11.5 Å². The van der Waals surface area contributed by atoms with Crippen LogP contribution in [0.5, 0.6) is 0 Å². The Balaban J connectivity index is 1.60. The summed E-state index contributed by atoms with van der Waals surface area (Å²) in [7, 11) is 0. The van der Waals surface area contributed by atoms with E-state index < -0.39 is 17.4 Å². The third kappa shape index (κ3) is 4.56. The third-order valence-electron chi connectivity index (χ3n) is 5.40. The Morgan fingerprint density at radius 1 is 1.19 bits per heavy atom. The summed E-state index contributed by atoms with van der Waals surface area (Å²) in [6, 6.07) is 13.1. The number of thioether (sulfide) groups is 1. The first-order valence-electron chi connectivity index (χ1n) is 10.0. The number of nitrogens with one attached hydrogen (secondary N) is 3. The Hall–Kier alpha value is -3.10. The molecule has 0 aliphatic carbocycles. The minimum atomic E-state index is -0.955. The highest BCUT2D eigenvalue weighted by Crippen LogP contribution is 2.32. The van der Waals surface area contributed by atoms with E-state index in [4.69, 9.17) is 11.6 Å². The van der Waals surface area contributed by atoms with Crippen molar-refractivity contribution in [1.82, 2.24) is 9.97 Å². The molecule has 0 bridgehead atoms. The molecular formula is C23H21ClN4O3S. The minimum Gasteiger partial charge on any atom is -0.325 e. The quantitative estimate of drug-likeness (QED) is 0.380. The van der Waals surface area contributed by atoms with Gasteiger partial charge in [-0.1, -0.05) is 53.7 Å². The van der Waals surface area contributed by atoms with E-state index in [0.717, 1.165) is 11.1 Å². The number of carbonyl (C=O) groups is 2. The van der Waals surface area contributed by atoms with Gasteiger partial charge in [0, 0.05) is 22.9 Å². The SMILES string of the molecule is Cc1ccccc1CSc1nc2c(c(=O)[nH]1)[C@H](C(=O)Nc1cccc(Cl)c1C)CC(=O)N2. The molecule has 1 aliphatic heterocycles. The first-order chi connectivity index (χ1) is 15.3. The summed E-state index contributed by atoms with van der Waals surface area (Å²) in [5, 5.41) is 6.32. The van der Waals surface area contributed by atoms with Crippen LogP contribution in [0.1, 0.15) is 34.6 Å². The van der Waals surface area contributed by atoms with Crippen molar-refractivity contribution in [2.24, 2.45) is 0 Å². The molecule has 3 aromatic rings. The van der Waals surface area contributed by atoms with Crippen LogP contribution >= 0.6 is 23.4 Å². The molecule has 0 spiro atoms. The zero-order valence-electron chi connectivity index (χ0n) is 17.5. The van der Waals surface area contributed by atoms with Crippen LogP contribution in [0.3, 0.4) is 0 Å². The highest BCUT2D eigenvalue weighted by molar-refractivity contribution is 7.98. The van der Waals surface area contributed by atoms with E-state index in [9.17, 15) is 14.4 Å². The Morgan fingerprint density at radius 2 is 1.97 bits per heavy atom. The number of halogens is 1. The maximum absolute atomic E-state index is 13.0. The van der Waals surface area contributed by atoms with Gasteiger partial charge in [0.2, 0.25) is 11.8 Å². The number of hydrogen-bond donors (Lipinski definition) is 3. The van der Waals surface area contributed by atoms with Crippen LogP contribution in [-0.2, 0) is 15.3 Å². The Kier molecular flexibility index (Phi) is 6.34. The lowest BCUT2D eigenvalue weighted by Crippen LogP contribution is -2.36. The Morgan fingerprint density at radius 3 is 2.75 bits per heavy atom. The first-order valence-corrected chi connectivity index (χ1v) is 11.4. The third-order valence-corrected chi connectivity index (χ3v) is 6.73. The summed E-state index contributed by atoms with van der Waals surface area (Å²) in [6.07, 6.45) is -0.140. The smallest absolute Gasteiger partial charge is 0.257 e. The summed E-state index contributed by atoms with van der Waals surface area (Å²) >= 11 is 7.49. The molecule has 0 unspecified atom stereocenters. The summed E-state index contributed by atoms with van der Waals surface area (Å²) in [5.41, 5.74) is 3.22. The number of rotatable bonds is 5. The minimum absolute atomic E-state index is 0.125. The second kappa shape index (κ2) is 9.18. The standard InChI is InChI=1S/C23H21ClN4O3S/c1-12-6-3-4-7-14(12)11-32-23-27-20-19(22(31)28-23)15(10-18(29)26-20)21(30)25-17-9-5-8-16(24)13(17)2/h3-9,15H,10-11H2,1-2H3,(H,25,30)(H2,26,27,28,29,31)/t15-/m1/s1. The van der Waals surface area contributed by atoms with Crippen molar-refractivity contribution in [3.8, 4) is 0 Å². The van der Waals surface area contributed by atoms with Gasteiger partial charge in [-0.2, -0.15) is 0 Å². The number of hydrogen-bond acceptors (Lipinski definition) is 5. The van der Waals surface area contributed by atoms with E-state index in [-0.39, 0.29) is 23.7 Å². The molecule has 7 nitrogen and oxygen atoms in total. The lowest BCUT2D eigenvalue weighted by molar-refractivity contribution is -0.123. The zero-order chi connectivity index (χ0) is 22.8. The van der Waals surface area contributed by atoms with E-state index in [1.807, 2.05) is 31.2 Å². The van der Waals surface area contributed by atoms with Crippen molar-refractivity contribution in [2.45, 2.75) is 37.1 Å². The number of aromatic amines is 1. The van der Waals surface area contributed by atoms with Crippen LogP contribution in [0.25, 0.3) is 0 Å². The predicted octanol–water partition coefficient (Wildman–Crippen LogP) is 4.40. The lowest BCUT2D eigenvalue weighted by Gasteiger charge is -2.24. The van der Waals surface area contributed by atoms with Gasteiger partial charge < -0.3 is 15.6 Å². The topological polar surface area (TPSA) is 104 Å². The van der Waals surface area contributed by atoms with E-state index in [0.29, 0.717) is 27.2 Å². The fourth-order valence-electron chi connectivity index (χ4n) is 3.52. The monoisotopic (exact) mass is 468 g/mol. The van der Waals surface area contributed by atoms with E-state index in [1.54, 1.807) is 25.1 Å². The highest BCUT2D eigenvalue weighted by atomic mass is 35.5. The van der Waals surface area contributed by atoms with Crippen molar-refractivity contribution in [3.63, 3.8) is 0 Å². The molecule has 1 aromatic heterocycles. The van der Waals surface area contributed by atoms with Crippen LogP contribution < -0.4 is 16.2 Å². The molecule has 9 heteroatoms. The number of benzene rings is 2. The normalized spacial score (nSPS) is 15.1. The van der Waals surface area contributed by atoms with Crippen molar-refractivity contribution in [1.29, 1.82) is 0 Å². The number of nitrogens with zero attached hydrogens (tertiary/aromatic N) is 1.